The van der Waals surface area contributed by atoms with Gasteiger partial charge in [-0.05, 0) is 75.7 Å². The minimum absolute atomic E-state index is 0.00339. The number of anilines is 1. The number of para-hydroxylation sites is 1. The Kier molecular flexibility index (Phi) is 5.99. The lowest BCUT2D eigenvalue weighted by atomic mass is 9.46. The number of allylic oxidation sites excluding steroid dienone is 4. The molecular weight excluding hydrogens is 498 g/mol. The predicted molar refractivity (Wildman–Crippen MR) is 143 cm³/mol. The van der Waals surface area contributed by atoms with Crippen LogP contribution >= 0.6 is 0 Å². The second kappa shape index (κ2) is 8.85. The lowest BCUT2D eigenvalue weighted by molar-refractivity contribution is -0.225. The molecule has 0 radical (unpaired) electrons. The van der Waals surface area contributed by atoms with Gasteiger partial charge in [0.2, 0.25) is 5.78 Å². The number of nitrogens with one attached hydrogen (secondary N) is 1. The van der Waals surface area contributed by atoms with Crippen LogP contribution in [-0.2, 0) is 23.8 Å². The predicted octanol–water partition coefficient (Wildman–Crippen LogP) is 4.58. The second-order valence-electron chi connectivity index (χ2n) is 12.8. The number of ether oxygens (including phenoxy) is 3. The molecule has 0 aromatic heterocycles. The normalized spacial score (nSPS) is 41.5. The van der Waals surface area contributed by atoms with E-state index in [4.69, 9.17) is 14.2 Å². The van der Waals surface area contributed by atoms with Gasteiger partial charge in [-0.3, -0.25) is 14.9 Å². The third kappa shape index (κ3) is 3.86. The van der Waals surface area contributed by atoms with Crippen molar-refractivity contribution in [3.05, 3.63) is 54.1 Å². The Morgan fingerprint density at radius 1 is 1.15 bits per heavy atom. The van der Waals surface area contributed by atoms with Gasteiger partial charge in [-0.15, -0.1) is 0 Å². The van der Waals surface area contributed by atoms with Crippen molar-refractivity contribution in [3.63, 3.8) is 0 Å². The summed E-state index contributed by atoms with van der Waals surface area (Å²) in [6.07, 6.45) is 5.94. The van der Waals surface area contributed by atoms with Crippen molar-refractivity contribution < 1.29 is 33.7 Å². The maximum Gasteiger partial charge on any atom is 0.412 e. The van der Waals surface area contributed by atoms with Crippen molar-refractivity contribution in [1.29, 1.82) is 0 Å². The third-order valence-corrected chi connectivity index (χ3v) is 10.3. The molecule has 3 saturated carbocycles. The average molecular weight is 536 g/mol. The zero-order valence-electron chi connectivity index (χ0n) is 22.9. The van der Waals surface area contributed by atoms with E-state index in [0.717, 1.165) is 18.4 Å². The van der Waals surface area contributed by atoms with Crippen LogP contribution in [0.3, 0.4) is 0 Å². The van der Waals surface area contributed by atoms with Crippen LogP contribution in [0.1, 0.15) is 53.4 Å². The van der Waals surface area contributed by atoms with E-state index in [1.807, 2.05) is 19.1 Å². The molecule has 8 heteroatoms. The van der Waals surface area contributed by atoms with Gasteiger partial charge in [0, 0.05) is 22.4 Å². The average Bonchev–Trinajstić information content (AvgIpc) is 3.29. The van der Waals surface area contributed by atoms with Crippen molar-refractivity contribution in [2.75, 3.05) is 11.9 Å². The summed E-state index contributed by atoms with van der Waals surface area (Å²) >= 11 is 0. The minimum atomic E-state index is -1.35. The maximum atomic E-state index is 14.1. The number of carbonyl (C=O) groups excluding carboxylic acids is 3. The van der Waals surface area contributed by atoms with Gasteiger partial charge in [-0.2, -0.15) is 0 Å². The molecule has 0 bridgehead atoms. The van der Waals surface area contributed by atoms with Crippen LogP contribution in [0.2, 0.25) is 0 Å². The smallest absolute Gasteiger partial charge is 0.412 e. The monoisotopic (exact) mass is 535 g/mol. The van der Waals surface area contributed by atoms with E-state index in [1.54, 1.807) is 50.3 Å². The molecule has 4 aliphatic carbocycles. The molecule has 6 rings (SSSR count). The highest BCUT2D eigenvalue weighted by Crippen LogP contribution is 2.70. The molecular formula is C31H37NO7. The summed E-state index contributed by atoms with van der Waals surface area (Å²) < 4.78 is 18.3. The molecule has 8 nitrogen and oxygen atoms in total. The van der Waals surface area contributed by atoms with Crippen molar-refractivity contribution in [3.8, 4) is 0 Å². The summed E-state index contributed by atoms with van der Waals surface area (Å²) in [6.45, 7) is 7.30. The van der Waals surface area contributed by atoms with Gasteiger partial charge in [-0.1, -0.05) is 43.7 Å². The largest absolute Gasteiger partial charge is 0.441 e. The van der Waals surface area contributed by atoms with E-state index in [1.165, 1.54) is 0 Å². The van der Waals surface area contributed by atoms with Gasteiger partial charge in [0.05, 0.1) is 12.2 Å². The molecule has 0 spiro atoms. The quantitative estimate of drug-likeness (QED) is 0.580. The van der Waals surface area contributed by atoms with Crippen LogP contribution in [0.5, 0.6) is 0 Å². The topological polar surface area (TPSA) is 111 Å². The van der Waals surface area contributed by atoms with Crippen LogP contribution in [0.15, 0.2) is 54.1 Å². The van der Waals surface area contributed by atoms with Crippen molar-refractivity contribution >= 4 is 23.3 Å². The molecule has 1 aliphatic heterocycles. The molecule has 4 fully saturated rings. The Morgan fingerprint density at radius 2 is 1.90 bits per heavy atom. The Bertz CT molecular complexity index is 1270. The van der Waals surface area contributed by atoms with Gasteiger partial charge < -0.3 is 19.3 Å². The van der Waals surface area contributed by atoms with E-state index in [2.05, 4.69) is 12.2 Å². The number of fused-ring (bicyclic) bond motifs is 7. The molecule has 1 saturated heterocycles. The number of rotatable bonds is 4. The van der Waals surface area contributed by atoms with Gasteiger partial charge in [0.1, 0.15) is 0 Å². The van der Waals surface area contributed by atoms with E-state index in [-0.39, 0.29) is 29.3 Å². The van der Waals surface area contributed by atoms with E-state index in [0.29, 0.717) is 18.5 Å². The Balaban J connectivity index is 1.29. The first-order chi connectivity index (χ1) is 18.4. The minimum Gasteiger partial charge on any atom is -0.441 e. The highest BCUT2D eigenvalue weighted by atomic mass is 16.8. The van der Waals surface area contributed by atoms with Gasteiger partial charge >= 0.3 is 6.09 Å². The molecule has 8 atom stereocenters. The van der Waals surface area contributed by atoms with Gasteiger partial charge in [0.25, 0.3) is 0 Å². The fraction of sp³-hybridized carbons (Fsp3) is 0.581. The maximum absolute atomic E-state index is 14.1. The van der Waals surface area contributed by atoms with E-state index >= 15 is 0 Å². The molecule has 1 aromatic rings. The Labute approximate surface area is 228 Å². The molecule has 1 heterocycles. The number of carbonyl (C=O) groups is 3. The highest BCUT2D eigenvalue weighted by molar-refractivity contribution is 6.01. The fourth-order valence-corrected chi connectivity index (χ4v) is 8.84. The summed E-state index contributed by atoms with van der Waals surface area (Å²) in [4.78, 5) is 38.7. The summed E-state index contributed by atoms with van der Waals surface area (Å²) in [5.41, 5.74) is -0.843. The number of Topliss-reactive ketones (excluding diaryl/α,β-unsaturated/α-hetero) is 1. The highest BCUT2D eigenvalue weighted by Gasteiger charge is 2.77. The van der Waals surface area contributed by atoms with E-state index in [9.17, 15) is 19.5 Å². The molecule has 208 valence electrons. The number of amides is 1. The molecule has 2 N–H and O–H groups in total. The van der Waals surface area contributed by atoms with Crippen molar-refractivity contribution in [2.24, 2.45) is 28.6 Å². The molecule has 5 unspecified atom stereocenters. The van der Waals surface area contributed by atoms with Crippen molar-refractivity contribution in [1.82, 2.24) is 0 Å². The van der Waals surface area contributed by atoms with Crippen molar-refractivity contribution in [2.45, 2.75) is 77.0 Å². The summed E-state index contributed by atoms with van der Waals surface area (Å²) in [7, 11) is 0. The number of hydrogen-bond acceptors (Lipinski definition) is 7. The number of aliphatic hydroxyl groups is 1. The van der Waals surface area contributed by atoms with Crippen LogP contribution in [0, 0.1) is 28.6 Å². The molecule has 1 amide bonds. The standard InChI is InChI=1S/C31H37NO7/c1-28(2)38-25-15-22-21-11-10-18-14-20(33)12-13-29(18,3)26(21)23(34)16-30(22,4)31(25,39-28)24(35)17-37-27(36)32-19-8-6-5-7-9-19/h5-9,12-14,21-23,25-26,34H,10-11,15-17H2,1-4H3,(H,32,36)/t21?,22?,23-,25-,26?,29?,30?,31+/m0/s1. The number of aliphatic hydroxyl groups excluding tert-OH is 1. The van der Waals surface area contributed by atoms with Crippen LogP contribution < -0.4 is 5.32 Å². The van der Waals surface area contributed by atoms with E-state index < -0.39 is 47.1 Å². The van der Waals surface area contributed by atoms with Gasteiger partial charge in [0.15, 0.2) is 23.8 Å². The SMILES string of the molecule is CC1(C)O[C@H]2CC3C4CCC5=CC(=O)C=CC5(C)C4[C@@H](O)CC3(C)[C@]2(C(=O)COC(=O)Nc2ccccc2)O1. The Morgan fingerprint density at radius 3 is 2.64 bits per heavy atom. The zero-order chi connectivity index (χ0) is 27.8. The first kappa shape index (κ1) is 26.4. The second-order valence-corrected chi connectivity index (χ2v) is 12.8. The Hall–Kier alpha value is -2.81. The van der Waals surface area contributed by atoms with Crippen LogP contribution in [-0.4, -0.2) is 53.0 Å². The van der Waals surface area contributed by atoms with Crippen LogP contribution in [0.4, 0.5) is 10.5 Å². The lowest BCUT2D eigenvalue weighted by Crippen LogP contribution is -2.64. The van der Waals surface area contributed by atoms with Gasteiger partial charge in [-0.25, -0.2) is 4.79 Å². The first-order valence-corrected chi connectivity index (χ1v) is 13.9. The third-order valence-electron chi connectivity index (χ3n) is 10.3. The molecule has 5 aliphatic rings. The fourth-order valence-electron chi connectivity index (χ4n) is 8.84. The number of hydrogen-bond donors (Lipinski definition) is 2. The molecule has 1 aromatic carbocycles. The molecule has 39 heavy (non-hydrogen) atoms. The number of ketones is 2. The van der Waals surface area contributed by atoms with Crippen LogP contribution in [0.25, 0.3) is 0 Å². The summed E-state index contributed by atoms with van der Waals surface area (Å²) in [6, 6.07) is 8.90. The summed E-state index contributed by atoms with van der Waals surface area (Å²) in [5, 5.41) is 14.4. The lowest BCUT2D eigenvalue weighted by Gasteiger charge is -2.59. The number of benzene rings is 1. The zero-order valence-corrected chi connectivity index (χ0v) is 22.9. The summed E-state index contributed by atoms with van der Waals surface area (Å²) in [5.74, 6) is -1.25. The first-order valence-electron chi connectivity index (χ1n) is 13.9.